The van der Waals surface area contributed by atoms with Crippen molar-refractivity contribution in [2.45, 2.75) is 31.7 Å². The number of aromatic nitrogens is 4. The van der Waals surface area contributed by atoms with Crippen LogP contribution < -0.4 is 10.1 Å². The van der Waals surface area contributed by atoms with Crippen LogP contribution >= 0.6 is 11.6 Å². The number of ether oxygens (including phenoxy) is 2. The molecule has 12 heteroatoms. The van der Waals surface area contributed by atoms with Crippen molar-refractivity contribution < 1.29 is 17.9 Å². The number of fused-ring (bicyclic) bond motifs is 1. The van der Waals surface area contributed by atoms with Crippen LogP contribution in [-0.4, -0.2) is 65.7 Å². The number of halogens is 1. The lowest BCUT2D eigenvalue weighted by Gasteiger charge is -2.26. The van der Waals surface area contributed by atoms with Crippen molar-refractivity contribution >= 4 is 33.0 Å². The van der Waals surface area contributed by atoms with Gasteiger partial charge in [0.2, 0.25) is 10.0 Å². The summed E-state index contributed by atoms with van der Waals surface area (Å²) < 4.78 is 40.9. The Hall–Kier alpha value is -3.25. The molecule has 1 N–H and O–H groups in total. The average Bonchev–Trinajstić information content (AvgIpc) is 3.27. The number of sulfonamides is 1. The van der Waals surface area contributed by atoms with Gasteiger partial charge in [-0.05, 0) is 49.2 Å². The number of pyridine rings is 1. The topological polar surface area (TPSA) is 111 Å². The SMILES string of the molecule is CCc1cc(CNc2cc(Cl)nn3c(-c4ccc(OC)c(S(=O)(=O)N5CCOCC5)c4)c(C)nc23)ccn1. The molecule has 0 unspecified atom stereocenters. The minimum atomic E-state index is -3.81. The predicted molar refractivity (Wildman–Crippen MR) is 145 cm³/mol. The van der Waals surface area contributed by atoms with E-state index in [1.165, 1.54) is 11.4 Å². The van der Waals surface area contributed by atoms with Gasteiger partial charge in [0.1, 0.15) is 10.6 Å². The van der Waals surface area contributed by atoms with Gasteiger partial charge in [-0.15, -0.1) is 0 Å². The Labute approximate surface area is 226 Å². The smallest absolute Gasteiger partial charge is 0.246 e. The summed E-state index contributed by atoms with van der Waals surface area (Å²) in [5.74, 6) is 0.267. The molecule has 0 bridgehead atoms. The van der Waals surface area contributed by atoms with E-state index in [0.29, 0.717) is 48.0 Å². The van der Waals surface area contributed by atoms with E-state index in [1.807, 2.05) is 13.0 Å². The van der Waals surface area contributed by atoms with Crippen molar-refractivity contribution in [2.75, 3.05) is 38.7 Å². The third-order valence-electron chi connectivity index (χ3n) is 6.48. The Morgan fingerprint density at radius 2 is 1.95 bits per heavy atom. The molecule has 38 heavy (non-hydrogen) atoms. The highest BCUT2D eigenvalue weighted by molar-refractivity contribution is 7.89. The van der Waals surface area contributed by atoms with Gasteiger partial charge in [0.25, 0.3) is 0 Å². The zero-order chi connectivity index (χ0) is 26.9. The third kappa shape index (κ3) is 5.06. The highest BCUT2D eigenvalue weighted by atomic mass is 35.5. The van der Waals surface area contributed by atoms with E-state index in [-0.39, 0.29) is 28.9 Å². The first-order valence-corrected chi connectivity index (χ1v) is 14.1. The van der Waals surface area contributed by atoms with Crippen LogP contribution in [0, 0.1) is 6.92 Å². The summed E-state index contributed by atoms with van der Waals surface area (Å²) in [5, 5.41) is 8.19. The number of nitrogens with one attached hydrogen (secondary N) is 1. The fourth-order valence-electron chi connectivity index (χ4n) is 4.54. The molecule has 10 nitrogen and oxygen atoms in total. The summed E-state index contributed by atoms with van der Waals surface area (Å²) >= 11 is 6.43. The standard InChI is InChI=1S/C26H29ClN6O4S/c1-4-20-13-18(7-8-28-20)16-29-21-15-24(27)31-33-25(17(2)30-26(21)33)19-5-6-22(36-3)23(14-19)38(34,35)32-9-11-37-12-10-32/h5-8,13-15,29H,4,9-12,16H2,1-3H3. The third-order valence-corrected chi connectivity index (χ3v) is 8.58. The monoisotopic (exact) mass is 556 g/mol. The van der Waals surface area contributed by atoms with E-state index < -0.39 is 10.0 Å². The summed E-state index contributed by atoms with van der Waals surface area (Å²) in [6.45, 7) is 5.75. The second-order valence-electron chi connectivity index (χ2n) is 8.91. The van der Waals surface area contributed by atoms with E-state index in [9.17, 15) is 8.42 Å². The number of imidazole rings is 1. The number of rotatable bonds is 8. The van der Waals surface area contributed by atoms with Gasteiger partial charge in [-0.25, -0.2) is 17.9 Å². The maximum atomic E-state index is 13.5. The van der Waals surface area contributed by atoms with Gasteiger partial charge in [-0.3, -0.25) is 4.98 Å². The highest BCUT2D eigenvalue weighted by Gasteiger charge is 2.30. The summed E-state index contributed by atoms with van der Waals surface area (Å²) in [7, 11) is -2.35. The molecular formula is C26H29ClN6O4S. The average molecular weight is 557 g/mol. The molecule has 1 saturated heterocycles. The van der Waals surface area contributed by atoms with Crippen molar-refractivity contribution in [3.05, 3.63) is 64.7 Å². The zero-order valence-corrected chi connectivity index (χ0v) is 23.0. The fraction of sp³-hybridized carbons (Fsp3) is 0.346. The molecule has 1 aliphatic rings. The van der Waals surface area contributed by atoms with Gasteiger partial charge in [0.15, 0.2) is 10.8 Å². The van der Waals surface area contributed by atoms with Crippen LogP contribution in [0.1, 0.15) is 23.9 Å². The molecule has 200 valence electrons. The normalized spacial score (nSPS) is 14.6. The van der Waals surface area contributed by atoms with Crippen molar-refractivity contribution in [1.82, 2.24) is 23.9 Å². The van der Waals surface area contributed by atoms with E-state index in [4.69, 9.17) is 26.1 Å². The van der Waals surface area contributed by atoms with Gasteiger partial charge >= 0.3 is 0 Å². The predicted octanol–water partition coefficient (Wildman–Crippen LogP) is 3.96. The number of methoxy groups -OCH3 is 1. The molecule has 1 fully saturated rings. The van der Waals surface area contributed by atoms with E-state index >= 15 is 0 Å². The molecule has 1 aromatic carbocycles. The quantitative estimate of drug-likeness (QED) is 0.347. The number of morpholine rings is 1. The number of hydrogen-bond donors (Lipinski definition) is 1. The summed E-state index contributed by atoms with van der Waals surface area (Å²) in [6, 6.07) is 10.8. The minimum absolute atomic E-state index is 0.0820. The number of hydrogen-bond acceptors (Lipinski definition) is 8. The Morgan fingerprint density at radius 3 is 2.68 bits per heavy atom. The molecule has 4 heterocycles. The van der Waals surface area contributed by atoms with Gasteiger partial charge in [0, 0.05) is 43.2 Å². The number of aryl methyl sites for hydroxylation is 2. The molecule has 0 radical (unpaired) electrons. The van der Waals surface area contributed by atoms with Crippen molar-refractivity contribution in [1.29, 1.82) is 0 Å². The number of nitrogens with zero attached hydrogens (tertiary/aromatic N) is 5. The molecule has 0 atom stereocenters. The maximum Gasteiger partial charge on any atom is 0.246 e. The molecule has 0 aliphatic carbocycles. The summed E-state index contributed by atoms with van der Waals surface area (Å²) in [4.78, 5) is 9.20. The first-order chi connectivity index (χ1) is 18.3. The highest BCUT2D eigenvalue weighted by Crippen LogP contribution is 2.35. The van der Waals surface area contributed by atoms with Crippen LogP contribution in [-0.2, 0) is 27.7 Å². The second-order valence-corrected chi connectivity index (χ2v) is 11.2. The lowest BCUT2D eigenvalue weighted by molar-refractivity contribution is 0.0729. The van der Waals surface area contributed by atoms with Crippen LogP contribution in [0.3, 0.4) is 0 Å². The minimum Gasteiger partial charge on any atom is -0.495 e. The van der Waals surface area contributed by atoms with Gasteiger partial charge in [-0.1, -0.05) is 18.5 Å². The fourth-order valence-corrected chi connectivity index (χ4v) is 6.31. The van der Waals surface area contributed by atoms with E-state index in [2.05, 4.69) is 28.4 Å². The second kappa shape index (κ2) is 10.9. The zero-order valence-electron chi connectivity index (χ0n) is 21.4. The van der Waals surface area contributed by atoms with Crippen LogP contribution in [0.2, 0.25) is 5.15 Å². The van der Waals surface area contributed by atoms with Crippen molar-refractivity contribution in [3.63, 3.8) is 0 Å². The van der Waals surface area contributed by atoms with Crippen LogP contribution in [0.4, 0.5) is 5.69 Å². The molecule has 0 spiro atoms. The van der Waals surface area contributed by atoms with Gasteiger partial charge < -0.3 is 14.8 Å². The van der Waals surface area contributed by atoms with Gasteiger partial charge in [0.05, 0.1) is 37.4 Å². The molecule has 1 aliphatic heterocycles. The van der Waals surface area contributed by atoms with Crippen LogP contribution in [0.15, 0.2) is 47.5 Å². The molecular weight excluding hydrogens is 528 g/mol. The Balaban J connectivity index is 1.56. The van der Waals surface area contributed by atoms with Crippen LogP contribution in [0.5, 0.6) is 5.75 Å². The van der Waals surface area contributed by atoms with E-state index in [1.54, 1.807) is 35.0 Å². The molecule has 3 aromatic heterocycles. The maximum absolute atomic E-state index is 13.5. The lowest BCUT2D eigenvalue weighted by Crippen LogP contribution is -2.40. The summed E-state index contributed by atoms with van der Waals surface area (Å²) in [6.07, 6.45) is 2.65. The first kappa shape index (κ1) is 26.4. The van der Waals surface area contributed by atoms with Crippen molar-refractivity contribution in [3.8, 4) is 17.0 Å². The number of benzene rings is 1. The van der Waals surface area contributed by atoms with Crippen molar-refractivity contribution in [2.24, 2.45) is 0 Å². The molecule has 0 amide bonds. The Morgan fingerprint density at radius 1 is 1.16 bits per heavy atom. The largest absolute Gasteiger partial charge is 0.495 e. The Kier molecular flexibility index (Phi) is 7.53. The van der Waals surface area contributed by atoms with Gasteiger partial charge in [-0.2, -0.15) is 9.40 Å². The first-order valence-electron chi connectivity index (χ1n) is 12.3. The van der Waals surface area contributed by atoms with Crippen LogP contribution in [0.25, 0.3) is 16.9 Å². The molecule has 5 rings (SSSR count). The lowest BCUT2D eigenvalue weighted by atomic mass is 10.1. The molecule has 4 aromatic rings. The number of anilines is 1. The summed E-state index contributed by atoms with van der Waals surface area (Å²) in [5.41, 5.74) is 5.35. The van der Waals surface area contributed by atoms with E-state index in [0.717, 1.165) is 17.7 Å². The Bertz CT molecular complexity index is 1580. The molecule has 0 saturated carbocycles.